The zero-order valence-electron chi connectivity index (χ0n) is 22.6. The van der Waals surface area contributed by atoms with Gasteiger partial charge in [-0.05, 0) is 80.3 Å². The summed E-state index contributed by atoms with van der Waals surface area (Å²) in [5.74, 6) is -3.56. The van der Waals surface area contributed by atoms with E-state index in [1.807, 2.05) is 6.92 Å². The average Bonchev–Trinajstić information content (AvgIpc) is 3.83. The number of alkyl halides is 3. The van der Waals surface area contributed by atoms with Crippen LogP contribution in [-0.2, 0) is 16.0 Å². The predicted molar refractivity (Wildman–Crippen MR) is 141 cm³/mol. The first-order chi connectivity index (χ1) is 18.9. The summed E-state index contributed by atoms with van der Waals surface area (Å²) in [7, 11) is 1.03. The molecule has 0 radical (unpaired) electrons. The van der Waals surface area contributed by atoms with Crippen LogP contribution >= 0.6 is 0 Å². The number of aromatic nitrogens is 1. The van der Waals surface area contributed by atoms with E-state index in [1.54, 1.807) is 18.3 Å². The van der Waals surface area contributed by atoms with E-state index in [0.717, 1.165) is 49.9 Å². The van der Waals surface area contributed by atoms with Crippen LogP contribution < -0.4 is 10.6 Å². The molecule has 2 aliphatic carbocycles. The standard InChI is InChI=1S/C29H32F4N4O3/c1-4-22-20(6-5-13-34-22)26(38)36-25(24(17-7-8-17)18-9-10-18)27(39)35-23-12-11-19(14-21(23)30)16(2)28(40)37(3)15-29(31,32)33/h5-6,11-14,16-17,25H,4,7-10,15H2,1-3H3,(H,35,39)(H,36,38)/t16-,25-/m0/s1. The first-order valence-corrected chi connectivity index (χ1v) is 13.3. The van der Waals surface area contributed by atoms with E-state index in [9.17, 15) is 27.6 Å². The first-order valence-electron chi connectivity index (χ1n) is 13.3. The van der Waals surface area contributed by atoms with Crippen molar-refractivity contribution in [1.29, 1.82) is 0 Å². The largest absolute Gasteiger partial charge is 0.406 e. The predicted octanol–water partition coefficient (Wildman–Crippen LogP) is 5.14. The Morgan fingerprint density at radius 3 is 2.42 bits per heavy atom. The summed E-state index contributed by atoms with van der Waals surface area (Å²) < 4.78 is 53.2. The van der Waals surface area contributed by atoms with Crippen LogP contribution in [0.15, 0.2) is 47.7 Å². The van der Waals surface area contributed by atoms with E-state index in [4.69, 9.17) is 0 Å². The van der Waals surface area contributed by atoms with Gasteiger partial charge in [0.25, 0.3) is 11.8 Å². The maximum absolute atomic E-state index is 15.1. The lowest BCUT2D eigenvalue weighted by atomic mass is 9.98. The van der Waals surface area contributed by atoms with Gasteiger partial charge >= 0.3 is 6.18 Å². The van der Waals surface area contributed by atoms with Crippen molar-refractivity contribution in [2.75, 3.05) is 18.9 Å². The van der Waals surface area contributed by atoms with Crippen molar-refractivity contribution in [3.63, 3.8) is 0 Å². The monoisotopic (exact) mass is 560 g/mol. The average molecular weight is 561 g/mol. The second-order valence-corrected chi connectivity index (χ2v) is 10.4. The van der Waals surface area contributed by atoms with Gasteiger partial charge in [-0.1, -0.05) is 18.6 Å². The van der Waals surface area contributed by atoms with Gasteiger partial charge in [0.2, 0.25) is 5.91 Å². The molecule has 2 atom stereocenters. The Kier molecular flexibility index (Phi) is 8.60. The van der Waals surface area contributed by atoms with Crippen LogP contribution in [0.4, 0.5) is 23.2 Å². The maximum atomic E-state index is 15.1. The fourth-order valence-electron chi connectivity index (χ4n) is 4.82. The van der Waals surface area contributed by atoms with Crippen LogP contribution in [-0.4, -0.2) is 53.4 Å². The molecule has 0 spiro atoms. The maximum Gasteiger partial charge on any atom is 0.406 e. The van der Waals surface area contributed by atoms with Gasteiger partial charge in [0.05, 0.1) is 22.9 Å². The van der Waals surface area contributed by atoms with E-state index in [0.29, 0.717) is 22.6 Å². The molecule has 0 aliphatic heterocycles. The quantitative estimate of drug-likeness (QED) is 0.311. The van der Waals surface area contributed by atoms with Crippen LogP contribution in [0, 0.1) is 11.7 Å². The van der Waals surface area contributed by atoms with Crippen molar-refractivity contribution in [3.05, 3.63) is 70.3 Å². The molecule has 1 aromatic carbocycles. The fourth-order valence-corrected chi connectivity index (χ4v) is 4.82. The molecule has 1 heterocycles. The minimum Gasteiger partial charge on any atom is -0.337 e. The third-order valence-electron chi connectivity index (χ3n) is 7.16. The van der Waals surface area contributed by atoms with E-state index in [-0.39, 0.29) is 17.2 Å². The third-order valence-corrected chi connectivity index (χ3v) is 7.16. The summed E-state index contributed by atoms with van der Waals surface area (Å²) in [5.41, 5.74) is 2.96. The Labute approximate surface area is 230 Å². The highest BCUT2D eigenvalue weighted by molar-refractivity contribution is 6.03. The topological polar surface area (TPSA) is 91.4 Å². The Morgan fingerprint density at radius 1 is 1.15 bits per heavy atom. The van der Waals surface area contributed by atoms with Gasteiger partial charge in [0.1, 0.15) is 18.4 Å². The molecule has 3 amide bonds. The highest BCUT2D eigenvalue weighted by Gasteiger charge is 2.40. The number of anilines is 1. The summed E-state index contributed by atoms with van der Waals surface area (Å²) in [6.07, 6.45) is 1.07. The molecular formula is C29H32F4N4O3. The van der Waals surface area contributed by atoms with Crippen LogP contribution in [0.1, 0.15) is 67.1 Å². The molecule has 1 aromatic heterocycles. The normalized spacial score (nSPS) is 16.1. The van der Waals surface area contributed by atoms with Gasteiger partial charge in [-0.2, -0.15) is 13.2 Å². The number of pyridine rings is 1. The fraction of sp³-hybridized carbons (Fsp3) is 0.448. The Hall–Kier alpha value is -3.76. The smallest absolute Gasteiger partial charge is 0.337 e. The number of nitrogens with one attached hydrogen (secondary N) is 2. The summed E-state index contributed by atoms with van der Waals surface area (Å²) in [5, 5.41) is 5.42. The number of hydrogen-bond donors (Lipinski definition) is 2. The van der Waals surface area contributed by atoms with Crippen LogP contribution in [0.25, 0.3) is 0 Å². The Morgan fingerprint density at radius 2 is 1.85 bits per heavy atom. The molecule has 0 unspecified atom stereocenters. The Bertz CT molecular complexity index is 1330. The molecule has 2 aromatic rings. The van der Waals surface area contributed by atoms with E-state index in [1.165, 1.54) is 19.1 Å². The zero-order valence-corrected chi connectivity index (χ0v) is 22.6. The summed E-state index contributed by atoms with van der Waals surface area (Å²) in [4.78, 5) is 44.0. The molecule has 7 nitrogen and oxygen atoms in total. The number of hydrogen-bond acceptors (Lipinski definition) is 4. The molecule has 2 N–H and O–H groups in total. The van der Waals surface area contributed by atoms with Gasteiger partial charge in [0, 0.05) is 13.2 Å². The lowest BCUT2D eigenvalue weighted by Crippen LogP contribution is -2.46. The van der Waals surface area contributed by atoms with Gasteiger partial charge < -0.3 is 15.5 Å². The second kappa shape index (κ2) is 11.8. The molecule has 40 heavy (non-hydrogen) atoms. The minimum absolute atomic E-state index is 0.164. The number of likely N-dealkylation sites (N-methyl/N-ethyl adjacent to an activating group) is 1. The van der Waals surface area contributed by atoms with Crippen molar-refractivity contribution < 1.29 is 31.9 Å². The molecule has 2 aliphatic rings. The minimum atomic E-state index is -4.56. The SMILES string of the molecule is CCc1ncccc1C(=O)N[C@H](C(=O)Nc1ccc([C@H](C)C(=O)N(C)CC(F)(F)F)cc1F)C(=C1CC1)C1CC1. The molecule has 214 valence electrons. The van der Waals surface area contributed by atoms with Gasteiger partial charge in [-0.3, -0.25) is 19.4 Å². The van der Waals surface area contributed by atoms with Gasteiger partial charge in [0.15, 0.2) is 0 Å². The molecule has 0 bridgehead atoms. The summed E-state index contributed by atoms with van der Waals surface area (Å²) in [6, 6.07) is 5.97. The van der Waals surface area contributed by atoms with Crippen LogP contribution in [0.2, 0.25) is 0 Å². The van der Waals surface area contributed by atoms with Crippen LogP contribution in [0.5, 0.6) is 0 Å². The van der Waals surface area contributed by atoms with Crippen molar-refractivity contribution >= 4 is 23.4 Å². The number of amides is 3. The highest BCUT2D eigenvalue weighted by Crippen LogP contribution is 2.46. The van der Waals surface area contributed by atoms with E-state index in [2.05, 4.69) is 15.6 Å². The number of benzene rings is 1. The number of nitrogens with zero attached hydrogens (tertiary/aromatic N) is 2. The lowest BCUT2D eigenvalue weighted by Gasteiger charge is -2.24. The summed E-state index contributed by atoms with van der Waals surface area (Å²) in [6.45, 7) is 1.85. The number of halogens is 4. The van der Waals surface area contributed by atoms with Gasteiger partial charge in [-0.15, -0.1) is 0 Å². The second-order valence-electron chi connectivity index (χ2n) is 10.4. The zero-order chi connectivity index (χ0) is 29.2. The molecular weight excluding hydrogens is 528 g/mol. The third kappa shape index (κ3) is 7.05. The van der Waals surface area contributed by atoms with Crippen LogP contribution in [0.3, 0.4) is 0 Å². The molecule has 0 saturated heterocycles. The molecule has 2 fully saturated rings. The number of allylic oxidation sites excluding steroid dienone is 1. The molecule has 4 rings (SSSR count). The number of carbonyl (C=O) groups is 3. The first kappa shape index (κ1) is 29.2. The van der Waals surface area contributed by atoms with Crippen molar-refractivity contribution in [3.8, 4) is 0 Å². The highest BCUT2D eigenvalue weighted by atomic mass is 19.4. The van der Waals surface area contributed by atoms with E-state index >= 15 is 4.39 Å². The Balaban J connectivity index is 1.53. The van der Waals surface area contributed by atoms with Crippen molar-refractivity contribution in [1.82, 2.24) is 15.2 Å². The van der Waals surface area contributed by atoms with Crippen molar-refractivity contribution in [2.24, 2.45) is 5.92 Å². The van der Waals surface area contributed by atoms with E-state index < -0.39 is 48.2 Å². The number of rotatable bonds is 10. The number of carbonyl (C=O) groups excluding carboxylic acids is 3. The molecule has 11 heteroatoms. The summed E-state index contributed by atoms with van der Waals surface area (Å²) >= 11 is 0. The lowest BCUT2D eigenvalue weighted by molar-refractivity contribution is -0.159. The number of aryl methyl sites for hydroxylation is 1. The molecule has 2 saturated carbocycles. The van der Waals surface area contributed by atoms with Gasteiger partial charge in [-0.25, -0.2) is 4.39 Å². The van der Waals surface area contributed by atoms with Crippen molar-refractivity contribution in [2.45, 2.75) is 64.1 Å².